The fraction of sp³-hybridized carbons (Fsp3) is 0.533. The number of nitrogens with one attached hydrogen (secondary N) is 1. The van der Waals surface area contributed by atoms with E-state index in [9.17, 15) is 26.4 Å². The van der Waals surface area contributed by atoms with Crippen LogP contribution in [0.4, 0.5) is 18.0 Å². The smallest absolute Gasteiger partial charge is 0.411 e. The van der Waals surface area contributed by atoms with Gasteiger partial charge in [0.15, 0.2) is 6.04 Å². The molecule has 0 saturated carbocycles. The van der Waals surface area contributed by atoms with Gasteiger partial charge in [-0.3, -0.25) is 4.18 Å². The third-order valence-electron chi connectivity index (χ3n) is 2.79. The molecule has 0 heterocycles. The number of hydrogen-bond acceptors (Lipinski definition) is 5. The molecule has 0 bridgehead atoms. The van der Waals surface area contributed by atoms with E-state index >= 15 is 0 Å². The summed E-state index contributed by atoms with van der Waals surface area (Å²) in [4.78, 5) is 11.2. The van der Waals surface area contributed by atoms with Gasteiger partial charge in [-0.1, -0.05) is 17.7 Å². The average molecular weight is 383 g/mol. The van der Waals surface area contributed by atoms with E-state index in [1.54, 1.807) is 12.2 Å². The summed E-state index contributed by atoms with van der Waals surface area (Å²) in [6, 6.07) is 2.86. The summed E-state index contributed by atoms with van der Waals surface area (Å²) < 4.78 is 72.1. The van der Waals surface area contributed by atoms with Gasteiger partial charge < -0.3 is 10.1 Å². The number of rotatable bonds is 5. The Morgan fingerprint density at radius 1 is 1.16 bits per heavy atom. The fourth-order valence-corrected chi connectivity index (χ4v) is 2.52. The Morgan fingerprint density at radius 3 is 2.12 bits per heavy atom. The lowest BCUT2D eigenvalue weighted by molar-refractivity contribution is -0.160. The monoisotopic (exact) mass is 383 g/mol. The predicted molar refractivity (Wildman–Crippen MR) is 83.5 cm³/mol. The van der Waals surface area contributed by atoms with Crippen molar-refractivity contribution in [3.8, 4) is 0 Å². The topological polar surface area (TPSA) is 81.7 Å². The molecular weight excluding hydrogens is 363 g/mol. The zero-order valence-electron chi connectivity index (χ0n) is 14.2. The first-order chi connectivity index (χ1) is 11.2. The number of alkyl halides is 3. The number of hydrogen-bond donors (Lipinski definition) is 1. The molecule has 1 aromatic carbocycles. The fourth-order valence-electron chi connectivity index (χ4n) is 1.60. The second-order valence-corrected chi connectivity index (χ2v) is 7.91. The van der Waals surface area contributed by atoms with Gasteiger partial charge in [0, 0.05) is 0 Å². The minimum atomic E-state index is -4.92. The zero-order valence-corrected chi connectivity index (χ0v) is 15.0. The third-order valence-corrected chi connectivity index (χ3v) is 4.08. The Kier molecular flexibility index (Phi) is 6.46. The van der Waals surface area contributed by atoms with Crippen LogP contribution in [0.1, 0.15) is 26.3 Å². The molecule has 0 aliphatic heterocycles. The molecule has 1 atom stereocenters. The molecule has 0 aliphatic rings. The number of amides is 1. The maximum atomic E-state index is 13.0. The second-order valence-electron chi connectivity index (χ2n) is 6.29. The first-order valence-electron chi connectivity index (χ1n) is 7.23. The Balaban J connectivity index is 2.83. The largest absolute Gasteiger partial charge is 0.444 e. The number of ether oxygens (including phenoxy) is 1. The van der Waals surface area contributed by atoms with Crippen molar-refractivity contribution < 1.29 is 35.3 Å². The SMILES string of the molecule is Cc1ccc(S(=O)(=O)OCC(NC(=O)OC(C)(C)C)C(F)(F)F)cc1. The van der Waals surface area contributed by atoms with Gasteiger partial charge in [-0.2, -0.15) is 21.6 Å². The molecule has 0 saturated heterocycles. The van der Waals surface area contributed by atoms with Crippen LogP contribution >= 0.6 is 0 Å². The minimum Gasteiger partial charge on any atom is -0.444 e. The molecule has 0 radical (unpaired) electrons. The summed E-state index contributed by atoms with van der Waals surface area (Å²) in [5, 5.41) is 1.57. The number of aryl methyl sites for hydroxylation is 1. The van der Waals surface area contributed by atoms with Gasteiger partial charge in [0.1, 0.15) is 5.60 Å². The van der Waals surface area contributed by atoms with E-state index in [0.717, 1.165) is 5.56 Å². The number of halogens is 3. The van der Waals surface area contributed by atoms with E-state index in [1.165, 1.54) is 45.0 Å². The Hall–Kier alpha value is -1.81. The molecule has 1 unspecified atom stereocenters. The molecular formula is C15H20F3NO5S. The number of carbonyl (C=O) groups excluding carboxylic acids is 1. The van der Waals surface area contributed by atoms with Gasteiger partial charge in [-0.25, -0.2) is 4.79 Å². The van der Waals surface area contributed by atoms with Crippen LogP contribution in [0.15, 0.2) is 29.2 Å². The Bertz CT molecular complexity index is 693. The molecule has 0 fully saturated rings. The van der Waals surface area contributed by atoms with Crippen molar-refractivity contribution in [1.29, 1.82) is 0 Å². The van der Waals surface area contributed by atoms with Gasteiger partial charge in [-0.15, -0.1) is 0 Å². The van der Waals surface area contributed by atoms with Gasteiger partial charge in [0.25, 0.3) is 10.1 Å². The molecule has 1 amide bonds. The highest BCUT2D eigenvalue weighted by Crippen LogP contribution is 2.23. The first kappa shape index (κ1) is 21.2. The highest BCUT2D eigenvalue weighted by atomic mass is 32.2. The van der Waals surface area contributed by atoms with Crippen molar-refractivity contribution in [2.45, 2.75) is 50.4 Å². The van der Waals surface area contributed by atoms with Gasteiger partial charge >= 0.3 is 12.3 Å². The molecule has 0 aliphatic carbocycles. The molecule has 1 aromatic rings. The van der Waals surface area contributed by atoms with E-state index in [-0.39, 0.29) is 4.90 Å². The maximum Gasteiger partial charge on any atom is 0.411 e. The zero-order chi connectivity index (χ0) is 19.5. The molecule has 1 N–H and O–H groups in total. The van der Waals surface area contributed by atoms with Crippen molar-refractivity contribution in [2.24, 2.45) is 0 Å². The Labute approximate surface area is 144 Å². The van der Waals surface area contributed by atoms with E-state index in [0.29, 0.717) is 0 Å². The quantitative estimate of drug-likeness (QED) is 0.790. The summed E-state index contributed by atoms with van der Waals surface area (Å²) in [7, 11) is -4.40. The third kappa shape index (κ3) is 7.30. The van der Waals surface area contributed by atoms with Crippen LogP contribution in [0.3, 0.4) is 0 Å². The minimum absolute atomic E-state index is 0.281. The van der Waals surface area contributed by atoms with E-state index in [1.807, 2.05) is 0 Å². The van der Waals surface area contributed by atoms with Crippen LogP contribution < -0.4 is 5.32 Å². The van der Waals surface area contributed by atoms with Crippen LogP contribution in [0.5, 0.6) is 0 Å². The van der Waals surface area contributed by atoms with Crippen molar-refractivity contribution >= 4 is 16.2 Å². The first-order valence-corrected chi connectivity index (χ1v) is 8.64. The molecule has 0 aromatic heterocycles. The van der Waals surface area contributed by atoms with Gasteiger partial charge in [-0.05, 0) is 39.8 Å². The van der Waals surface area contributed by atoms with Crippen molar-refractivity contribution in [1.82, 2.24) is 5.32 Å². The van der Waals surface area contributed by atoms with Crippen LogP contribution in [0, 0.1) is 6.92 Å². The van der Waals surface area contributed by atoms with E-state index < -0.39 is 40.6 Å². The average Bonchev–Trinajstić information content (AvgIpc) is 2.40. The lowest BCUT2D eigenvalue weighted by Gasteiger charge is -2.24. The van der Waals surface area contributed by atoms with Crippen LogP contribution in [0.2, 0.25) is 0 Å². The standard InChI is InChI=1S/C15H20F3NO5S/c1-10-5-7-11(8-6-10)25(21,22)23-9-12(15(16,17)18)19-13(20)24-14(2,3)4/h5-8,12H,9H2,1-4H3,(H,19,20). The molecule has 0 spiro atoms. The highest BCUT2D eigenvalue weighted by molar-refractivity contribution is 7.86. The summed E-state index contributed by atoms with van der Waals surface area (Å²) in [5.41, 5.74) is -0.228. The summed E-state index contributed by atoms with van der Waals surface area (Å²) in [6.07, 6.45) is -6.24. The molecule has 6 nitrogen and oxygen atoms in total. The summed E-state index contributed by atoms with van der Waals surface area (Å²) in [6.45, 7) is 4.86. The molecule has 1 rings (SSSR count). The number of benzene rings is 1. The Morgan fingerprint density at radius 2 is 1.68 bits per heavy atom. The number of carbonyl (C=O) groups is 1. The van der Waals surface area contributed by atoms with Crippen molar-refractivity contribution in [3.63, 3.8) is 0 Å². The lowest BCUT2D eigenvalue weighted by atomic mass is 10.2. The maximum absolute atomic E-state index is 13.0. The van der Waals surface area contributed by atoms with Crippen LogP contribution in [-0.4, -0.2) is 38.9 Å². The van der Waals surface area contributed by atoms with Gasteiger partial charge in [0.05, 0.1) is 11.5 Å². The van der Waals surface area contributed by atoms with Crippen LogP contribution in [-0.2, 0) is 19.0 Å². The number of alkyl carbamates (subject to hydrolysis) is 1. The van der Waals surface area contributed by atoms with Crippen LogP contribution in [0.25, 0.3) is 0 Å². The molecule has 142 valence electrons. The summed E-state index contributed by atoms with van der Waals surface area (Å²) in [5.74, 6) is 0. The van der Waals surface area contributed by atoms with E-state index in [4.69, 9.17) is 4.74 Å². The van der Waals surface area contributed by atoms with Crippen molar-refractivity contribution in [2.75, 3.05) is 6.61 Å². The molecule has 25 heavy (non-hydrogen) atoms. The van der Waals surface area contributed by atoms with Crippen molar-refractivity contribution in [3.05, 3.63) is 29.8 Å². The summed E-state index contributed by atoms with van der Waals surface area (Å²) >= 11 is 0. The van der Waals surface area contributed by atoms with E-state index in [2.05, 4.69) is 4.18 Å². The predicted octanol–water partition coefficient (Wildman–Crippen LogP) is 3.16. The van der Waals surface area contributed by atoms with Gasteiger partial charge in [0.2, 0.25) is 0 Å². The lowest BCUT2D eigenvalue weighted by Crippen LogP contribution is -2.50. The molecule has 10 heteroatoms. The normalized spacial score (nSPS) is 14.0. The second kappa shape index (κ2) is 7.61. The highest BCUT2D eigenvalue weighted by Gasteiger charge is 2.42.